The van der Waals surface area contributed by atoms with Crippen LogP contribution in [0.2, 0.25) is 0 Å². The second-order valence-corrected chi connectivity index (χ2v) is 3.82. The first-order valence-corrected chi connectivity index (χ1v) is 4.87. The van der Waals surface area contributed by atoms with Crippen molar-refractivity contribution in [2.75, 3.05) is 0 Å². The van der Waals surface area contributed by atoms with Crippen molar-refractivity contribution < 1.29 is 71.4 Å². The lowest BCUT2D eigenvalue weighted by Gasteiger charge is -2.27. The second kappa shape index (κ2) is 5.94. The first-order chi connectivity index (χ1) is 10.2. The van der Waals surface area contributed by atoms with Crippen molar-refractivity contribution in [3.05, 3.63) is 0 Å². The lowest BCUT2D eigenvalue weighted by Crippen LogP contribution is -2.59. The third kappa shape index (κ3) is 3.35. The number of carbonyl (C=O) groups is 2. The smallest absolute Gasteiger partial charge is 0.384 e. The molecule has 0 N–H and O–H groups in total. The van der Waals surface area contributed by atoms with E-state index in [4.69, 9.17) is 0 Å². The number of hydrogen-bond donors (Lipinski definition) is 0. The fraction of sp³-hybridized carbons (Fsp3) is 0.750. The molecule has 0 aromatic heterocycles. The van der Waals surface area contributed by atoms with Crippen LogP contribution in [0.1, 0.15) is 0 Å². The van der Waals surface area contributed by atoms with Crippen LogP contribution in [0.4, 0.5) is 57.1 Å². The van der Waals surface area contributed by atoms with Crippen LogP contribution in [-0.4, -0.2) is 48.2 Å². The third-order valence-corrected chi connectivity index (χ3v) is 2.14. The zero-order valence-corrected chi connectivity index (χ0v) is 10.2. The number of alkyl halides is 13. The average Bonchev–Trinajstić information content (AvgIpc) is 2.36. The second-order valence-electron chi connectivity index (χ2n) is 3.82. The maximum absolute atomic E-state index is 12.6. The quantitative estimate of drug-likeness (QED) is 0.409. The van der Waals surface area contributed by atoms with Gasteiger partial charge in [0.1, 0.15) is 0 Å². The van der Waals surface area contributed by atoms with E-state index in [2.05, 4.69) is 4.74 Å². The Hall–Kier alpha value is -1.77. The number of esters is 2. The van der Waals surface area contributed by atoms with E-state index >= 15 is 0 Å². The predicted octanol–water partition coefficient (Wildman–Crippen LogP) is 3.42. The van der Waals surface area contributed by atoms with Crippen LogP contribution in [0.5, 0.6) is 0 Å². The molecule has 0 bridgehead atoms. The van der Waals surface area contributed by atoms with Gasteiger partial charge < -0.3 is 4.74 Å². The summed E-state index contributed by atoms with van der Waals surface area (Å²) in [5.74, 6) is -36.0. The van der Waals surface area contributed by atoms with Crippen molar-refractivity contribution in [3.8, 4) is 0 Å². The summed E-state index contributed by atoms with van der Waals surface area (Å²) in [6.45, 7) is 0. The van der Waals surface area contributed by atoms with E-state index < -0.39 is 48.2 Å². The molecule has 0 unspecified atom stereocenters. The molecular formula is C8HF13O3. The fourth-order valence-electron chi connectivity index (χ4n) is 0.792. The molecule has 3 nitrogen and oxygen atoms in total. The minimum atomic E-state index is -7.25. The van der Waals surface area contributed by atoms with Crippen molar-refractivity contribution >= 4 is 11.9 Å². The first kappa shape index (κ1) is 22.2. The molecular weight excluding hydrogens is 391 g/mol. The number of ether oxygens (including phenoxy) is 1. The Morgan fingerprint density at radius 1 is 0.667 bits per heavy atom. The van der Waals surface area contributed by atoms with E-state index in [1.165, 1.54) is 0 Å². The summed E-state index contributed by atoms with van der Waals surface area (Å²) in [5.41, 5.74) is 0. The highest BCUT2D eigenvalue weighted by atomic mass is 19.4. The number of halogens is 13. The number of carbonyl (C=O) groups excluding carboxylic acids is 2. The molecule has 0 fully saturated rings. The summed E-state index contributed by atoms with van der Waals surface area (Å²) in [4.78, 5) is 20.8. The average molecular weight is 392 g/mol. The van der Waals surface area contributed by atoms with Gasteiger partial charge in [0, 0.05) is 0 Å². The number of rotatable bonds is 5. The SMILES string of the molecule is O=C(OC(=O)C(F)(F)C(F)(F)C(F)(F)F)C(F)(F)C(F)(F)C(F)F. The van der Waals surface area contributed by atoms with Crippen molar-refractivity contribution in [1.29, 1.82) is 0 Å². The fourth-order valence-corrected chi connectivity index (χ4v) is 0.792. The van der Waals surface area contributed by atoms with Gasteiger partial charge in [-0.1, -0.05) is 0 Å². The standard InChI is InChI=1S/C8HF13O3/c9-1(10)4(11,12)5(13,14)2(22)24-3(23)6(15,16)7(17,18)8(19,20)21/h1H. The molecule has 0 aliphatic rings. The minimum absolute atomic E-state index is 2.13. The Morgan fingerprint density at radius 2 is 1.00 bits per heavy atom. The molecule has 0 heterocycles. The van der Waals surface area contributed by atoms with Gasteiger partial charge in [0.05, 0.1) is 0 Å². The lowest BCUT2D eigenvalue weighted by atomic mass is 10.1. The Labute approximate surface area is 121 Å². The molecule has 16 heteroatoms. The van der Waals surface area contributed by atoms with E-state index in [0.29, 0.717) is 0 Å². The largest absolute Gasteiger partial charge is 0.460 e. The zero-order chi connectivity index (χ0) is 19.9. The Bertz CT molecular complexity index is 506. The van der Waals surface area contributed by atoms with Crippen molar-refractivity contribution in [2.45, 2.75) is 36.3 Å². The maximum atomic E-state index is 12.6. The molecule has 142 valence electrons. The van der Waals surface area contributed by atoms with Crippen LogP contribution in [0.3, 0.4) is 0 Å². The van der Waals surface area contributed by atoms with Gasteiger partial charge in [-0.15, -0.1) is 0 Å². The van der Waals surface area contributed by atoms with E-state index in [-0.39, 0.29) is 0 Å². The van der Waals surface area contributed by atoms with Crippen LogP contribution in [0.15, 0.2) is 0 Å². The first-order valence-electron chi connectivity index (χ1n) is 4.87. The van der Waals surface area contributed by atoms with E-state index in [1.807, 2.05) is 0 Å². The predicted molar refractivity (Wildman–Crippen MR) is 42.9 cm³/mol. The van der Waals surface area contributed by atoms with Crippen molar-refractivity contribution in [1.82, 2.24) is 0 Å². The molecule has 0 spiro atoms. The van der Waals surface area contributed by atoms with Gasteiger partial charge in [-0.25, -0.2) is 18.4 Å². The molecule has 0 aromatic carbocycles. The molecule has 0 saturated carbocycles. The summed E-state index contributed by atoms with van der Waals surface area (Å²) in [6, 6.07) is 0. The minimum Gasteiger partial charge on any atom is -0.384 e. The summed E-state index contributed by atoms with van der Waals surface area (Å²) in [6.07, 6.45) is -12.5. The van der Waals surface area contributed by atoms with Crippen LogP contribution >= 0.6 is 0 Å². The number of hydrogen-bond acceptors (Lipinski definition) is 3. The van der Waals surface area contributed by atoms with Gasteiger partial charge in [0.2, 0.25) is 0 Å². The summed E-state index contributed by atoms with van der Waals surface area (Å²) < 4.78 is 160. The summed E-state index contributed by atoms with van der Waals surface area (Å²) in [5, 5.41) is 0. The molecule has 0 aromatic rings. The molecule has 0 rings (SSSR count). The highest BCUT2D eigenvalue weighted by Crippen LogP contribution is 2.47. The monoisotopic (exact) mass is 392 g/mol. The summed E-state index contributed by atoms with van der Waals surface area (Å²) >= 11 is 0. The molecule has 0 saturated heterocycles. The molecule has 0 amide bonds. The highest BCUT2D eigenvalue weighted by Gasteiger charge is 2.78. The van der Waals surface area contributed by atoms with Gasteiger partial charge in [-0.2, -0.15) is 48.3 Å². The van der Waals surface area contributed by atoms with Crippen LogP contribution in [0.25, 0.3) is 0 Å². The van der Waals surface area contributed by atoms with E-state index in [0.717, 1.165) is 0 Å². The normalized spacial score (nSPS) is 14.8. The Morgan fingerprint density at radius 3 is 1.29 bits per heavy atom. The van der Waals surface area contributed by atoms with Crippen LogP contribution < -0.4 is 0 Å². The molecule has 0 aliphatic carbocycles. The third-order valence-electron chi connectivity index (χ3n) is 2.14. The molecule has 0 atom stereocenters. The Kier molecular flexibility index (Phi) is 5.51. The molecule has 0 radical (unpaired) electrons. The topological polar surface area (TPSA) is 43.4 Å². The van der Waals surface area contributed by atoms with Gasteiger partial charge >= 0.3 is 48.2 Å². The Balaban J connectivity index is 5.57. The maximum Gasteiger partial charge on any atom is 0.460 e. The van der Waals surface area contributed by atoms with Crippen molar-refractivity contribution in [2.24, 2.45) is 0 Å². The molecule has 0 aliphatic heterocycles. The zero-order valence-electron chi connectivity index (χ0n) is 10.2. The molecule has 24 heavy (non-hydrogen) atoms. The van der Waals surface area contributed by atoms with Gasteiger partial charge in [0.15, 0.2) is 0 Å². The van der Waals surface area contributed by atoms with E-state index in [1.54, 1.807) is 0 Å². The van der Waals surface area contributed by atoms with Gasteiger partial charge in [-0.05, 0) is 0 Å². The van der Waals surface area contributed by atoms with E-state index in [9.17, 15) is 66.7 Å². The van der Waals surface area contributed by atoms with Crippen LogP contribution in [0, 0.1) is 0 Å². The van der Waals surface area contributed by atoms with Gasteiger partial charge in [0.25, 0.3) is 0 Å². The van der Waals surface area contributed by atoms with Crippen LogP contribution in [-0.2, 0) is 14.3 Å². The lowest BCUT2D eigenvalue weighted by molar-refractivity contribution is -0.348. The highest BCUT2D eigenvalue weighted by molar-refractivity contribution is 5.93. The summed E-state index contributed by atoms with van der Waals surface area (Å²) in [7, 11) is 0. The van der Waals surface area contributed by atoms with Gasteiger partial charge in [-0.3, -0.25) is 0 Å². The van der Waals surface area contributed by atoms with Crippen molar-refractivity contribution in [3.63, 3.8) is 0 Å².